The Bertz CT molecular complexity index is 344. The maximum Gasteiger partial charge on any atom is 0.0306 e. The fourth-order valence-electron chi connectivity index (χ4n) is 1.36. The molecule has 0 bridgehead atoms. The molecule has 2 aromatic rings. The van der Waals surface area contributed by atoms with E-state index in [4.69, 9.17) is 0 Å². The summed E-state index contributed by atoms with van der Waals surface area (Å²) in [5.74, 6) is 0.109. The van der Waals surface area contributed by atoms with E-state index in [-0.39, 0.29) is 5.92 Å². The van der Waals surface area contributed by atoms with Crippen LogP contribution in [-0.4, -0.2) is 9.97 Å². The van der Waals surface area contributed by atoms with Crippen molar-refractivity contribution in [2.75, 3.05) is 0 Å². The van der Waals surface area contributed by atoms with Crippen LogP contribution < -0.4 is 0 Å². The normalized spacial score (nSPS) is 10.4. The number of rotatable bonds is 2. The van der Waals surface area contributed by atoms with Gasteiger partial charge in [-0.05, 0) is 30.2 Å². The van der Waals surface area contributed by atoms with Gasteiger partial charge in [0.15, 0.2) is 0 Å². The van der Waals surface area contributed by atoms with Crippen LogP contribution in [0.25, 0.3) is 0 Å². The van der Waals surface area contributed by atoms with Gasteiger partial charge in [-0.3, -0.25) is 9.97 Å². The van der Waals surface area contributed by atoms with Gasteiger partial charge in [-0.25, -0.2) is 0 Å². The topological polar surface area (TPSA) is 25.8 Å². The summed E-state index contributed by atoms with van der Waals surface area (Å²) in [6.45, 7) is 4.10. The highest BCUT2D eigenvalue weighted by Crippen LogP contribution is 2.21. The number of pyridine rings is 2. The lowest BCUT2D eigenvalue weighted by atomic mass is 9.96. The highest BCUT2D eigenvalue weighted by atomic mass is 14.6. The molecule has 0 aliphatic rings. The number of nitrogens with zero attached hydrogens (tertiary/aromatic N) is 2. The minimum Gasteiger partial charge on any atom is -0.264 e. The molecule has 0 saturated carbocycles. The first kappa shape index (κ1) is 8.88. The molecule has 14 heavy (non-hydrogen) atoms. The molecule has 2 heterocycles. The summed E-state index contributed by atoms with van der Waals surface area (Å²) in [4.78, 5) is 8.14. The third-order valence-corrected chi connectivity index (χ3v) is 2.17. The van der Waals surface area contributed by atoms with Crippen molar-refractivity contribution in [1.29, 1.82) is 0 Å². The Balaban J connectivity index is 2.30. The first-order chi connectivity index (χ1) is 6.88. The molecule has 2 nitrogen and oxygen atoms in total. The van der Waals surface area contributed by atoms with Crippen molar-refractivity contribution in [3.8, 4) is 0 Å². The van der Waals surface area contributed by atoms with Gasteiger partial charge in [-0.15, -0.1) is 0 Å². The van der Waals surface area contributed by atoms with Gasteiger partial charge >= 0.3 is 0 Å². The average molecular weight is 183 g/mol. The Labute approximate surface area is 83.7 Å². The van der Waals surface area contributed by atoms with Gasteiger partial charge in [0, 0.05) is 30.7 Å². The molecule has 69 valence electrons. The average Bonchev–Trinajstić information content (AvgIpc) is 2.30. The Hall–Kier alpha value is -1.70. The monoisotopic (exact) mass is 183 g/mol. The minimum atomic E-state index is 0.109. The van der Waals surface area contributed by atoms with E-state index in [9.17, 15) is 0 Å². The fourth-order valence-corrected chi connectivity index (χ4v) is 1.36. The third kappa shape index (κ3) is 1.79. The molecule has 0 amide bonds. The van der Waals surface area contributed by atoms with Crippen LogP contribution in [0.1, 0.15) is 17.0 Å². The molecule has 0 aliphatic heterocycles. The van der Waals surface area contributed by atoms with Crippen LogP contribution in [-0.2, 0) is 0 Å². The van der Waals surface area contributed by atoms with E-state index in [1.54, 1.807) is 12.4 Å². The number of hydrogen-bond donors (Lipinski definition) is 0. The molecule has 1 radical (unpaired) electrons. The summed E-state index contributed by atoms with van der Waals surface area (Å²) < 4.78 is 0. The SMILES string of the molecule is [CH2]C(c1cccnc1)c1cccnc1. The third-order valence-electron chi connectivity index (χ3n) is 2.17. The summed E-state index contributed by atoms with van der Waals surface area (Å²) >= 11 is 0. The molecule has 0 N–H and O–H groups in total. The van der Waals surface area contributed by atoms with Gasteiger partial charge in [0.05, 0.1) is 0 Å². The lowest BCUT2D eigenvalue weighted by molar-refractivity contribution is 0.989. The van der Waals surface area contributed by atoms with Crippen LogP contribution in [0.15, 0.2) is 49.1 Å². The van der Waals surface area contributed by atoms with E-state index in [0.717, 1.165) is 11.1 Å². The summed E-state index contributed by atoms with van der Waals surface area (Å²) in [6.07, 6.45) is 7.20. The van der Waals surface area contributed by atoms with Crippen LogP contribution >= 0.6 is 0 Å². The minimum absolute atomic E-state index is 0.109. The summed E-state index contributed by atoms with van der Waals surface area (Å²) in [6, 6.07) is 7.89. The van der Waals surface area contributed by atoms with Gasteiger partial charge in [0.25, 0.3) is 0 Å². The molecule has 0 atom stereocenters. The van der Waals surface area contributed by atoms with E-state index < -0.39 is 0 Å². The summed E-state index contributed by atoms with van der Waals surface area (Å²) in [5, 5.41) is 0. The van der Waals surface area contributed by atoms with E-state index in [2.05, 4.69) is 16.9 Å². The van der Waals surface area contributed by atoms with Gasteiger partial charge in [-0.2, -0.15) is 0 Å². The van der Waals surface area contributed by atoms with Crippen molar-refractivity contribution in [1.82, 2.24) is 9.97 Å². The number of aromatic nitrogens is 2. The van der Waals surface area contributed by atoms with Crippen LogP contribution in [0.3, 0.4) is 0 Å². The van der Waals surface area contributed by atoms with Crippen LogP contribution in [0.5, 0.6) is 0 Å². The second-order valence-electron chi connectivity index (χ2n) is 3.13. The lowest BCUT2D eigenvalue weighted by Gasteiger charge is -2.10. The molecule has 0 aliphatic carbocycles. The van der Waals surface area contributed by atoms with Gasteiger partial charge in [-0.1, -0.05) is 12.1 Å². The molecule has 2 rings (SSSR count). The number of hydrogen-bond acceptors (Lipinski definition) is 2. The maximum absolute atomic E-state index is 4.10. The Kier molecular flexibility index (Phi) is 2.54. The zero-order chi connectivity index (χ0) is 9.80. The Morgan fingerprint density at radius 2 is 1.43 bits per heavy atom. The molecular weight excluding hydrogens is 172 g/mol. The molecule has 0 spiro atoms. The standard InChI is InChI=1S/C12H11N2/c1-10(11-4-2-6-13-8-11)12-5-3-7-14-9-12/h2-10H,1H2. The van der Waals surface area contributed by atoms with E-state index in [0.29, 0.717) is 0 Å². The van der Waals surface area contributed by atoms with Crippen LogP contribution in [0.2, 0.25) is 0 Å². The highest BCUT2D eigenvalue weighted by molar-refractivity contribution is 5.29. The van der Waals surface area contributed by atoms with Crippen molar-refractivity contribution in [3.05, 3.63) is 67.1 Å². The van der Waals surface area contributed by atoms with E-state index in [1.165, 1.54) is 0 Å². The molecule has 0 unspecified atom stereocenters. The van der Waals surface area contributed by atoms with Gasteiger partial charge < -0.3 is 0 Å². The van der Waals surface area contributed by atoms with Crippen molar-refractivity contribution in [2.45, 2.75) is 5.92 Å². The summed E-state index contributed by atoms with van der Waals surface area (Å²) in [7, 11) is 0. The molecular formula is C12H11N2. The van der Waals surface area contributed by atoms with E-state index in [1.807, 2.05) is 36.7 Å². The van der Waals surface area contributed by atoms with Gasteiger partial charge in [0.1, 0.15) is 0 Å². The Morgan fingerprint density at radius 3 is 1.79 bits per heavy atom. The quantitative estimate of drug-likeness (QED) is 0.714. The Morgan fingerprint density at radius 1 is 0.929 bits per heavy atom. The van der Waals surface area contributed by atoms with Gasteiger partial charge in [0.2, 0.25) is 0 Å². The molecule has 0 aromatic carbocycles. The first-order valence-electron chi connectivity index (χ1n) is 4.51. The van der Waals surface area contributed by atoms with Crippen molar-refractivity contribution >= 4 is 0 Å². The van der Waals surface area contributed by atoms with Crippen molar-refractivity contribution < 1.29 is 0 Å². The molecule has 2 aromatic heterocycles. The van der Waals surface area contributed by atoms with Crippen LogP contribution in [0, 0.1) is 6.92 Å². The fraction of sp³-hybridized carbons (Fsp3) is 0.0833. The second-order valence-corrected chi connectivity index (χ2v) is 3.13. The first-order valence-corrected chi connectivity index (χ1v) is 4.51. The molecule has 0 fully saturated rings. The molecule has 2 heteroatoms. The predicted octanol–water partition coefficient (Wildman–Crippen LogP) is 2.44. The smallest absolute Gasteiger partial charge is 0.0306 e. The maximum atomic E-state index is 4.10. The predicted molar refractivity (Wildman–Crippen MR) is 55.7 cm³/mol. The van der Waals surface area contributed by atoms with Crippen molar-refractivity contribution in [2.24, 2.45) is 0 Å². The summed E-state index contributed by atoms with van der Waals surface area (Å²) in [5.41, 5.74) is 2.22. The lowest BCUT2D eigenvalue weighted by Crippen LogP contribution is -1.96. The highest BCUT2D eigenvalue weighted by Gasteiger charge is 2.07. The second kappa shape index (κ2) is 4.01. The molecule has 0 saturated heterocycles. The van der Waals surface area contributed by atoms with Crippen LogP contribution in [0.4, 0.5) is 0 Å². The zero-order valence-corrected chi connectivity index (χ0v) is 7.80. The van der Waals surface area contributed by atoms with Crippen molar-refractivity contribution in [3.63, 3.8) is 0 Å². The largest absolute Gasteiger partial charge is 0.264 e. The zero-order valence-electron chi connectivity index (χ0n) is 7.80. The van der Waals surface area contributed by atoms with E-state index >= 15 is 0 Å².